The molecule has 1 aliphatic carbocycles. The Bertz CT molecular complexity index is 835. The molecule has 2 aromatic rings. The fourth-order valence-electron chi connectivity index (χ4n) is 4.92. The number of halogens is 2. The molecule has 0 saturated carbocycles. The van der Waals surface area contributed by atoms with Crippen molar-refractivity contribution in [2.75, 3.05) is 19.7 Å². The number of likely N-dealkylation sites (N-methyl/N-ethyl adjacent to an activating group) is 1. The number of hydrogen-bond acceptors (Lipinski definition) is 3. The number of aromatic nitrogens is 1. The predicted octanol–water partition coefficient (Wildman–Crippen LogP) is 3.85. The van der Waals surface area contributed by atoms with Crippen molar-refractivity contribution in [3.05, 3.63) is 35.5 Å². The number of rotatable bonds is 4. The molecule has 1 aliphatic heterocycles. The van der Waals surface area contributed by atoms with Crippen LogP contribution < -0.4 is 0 Å². The molecule has 0 N–H and O–H groups in total. The smallest absolute Gasteiger partial charge is 0.310 e. The first-order chi connectivity index (χ1) is 12.5. The van der Waals surface area contributed by atoms with Gasteiger partial charge in [-0.2, -0.15) is 0 Å². The first-order valence-electron chi connectivity index (χ1n) is 9.61. The second kappa shape index (κ2) is 7.80. The number of carbonyl (C=O) groups excluding carboxylic acids is 1. The predicted molar refractivity (Wildman–Crippen MR) is 107 cm³/mol. The van der Waals surface area contributed by atoms with Gasteiger partial charge in [0.2, 0.25) is 0 Å². The Morgan fingerprint density at radius 1 is 1.41 bits per heavy atom. The lowest BCUT2D eigenvalue weighted by Crippen LogP contribution is -2.51. The van der Waals surface area contributed by atoms with Crippen molar-refractivity contribution in [3.63, 3.8) is 0 Å². The van der Waals surface area contributed by atoms with Crippen LogP contribution in [0.4, 0.5) is 4.39 Å². The van der Waals surface area contributed by atoms with Crippen molar-refractivity contribution in [3.8, 4) is 0 Å². The number of carbonyl (C=O) groups is 1. The van der Waals surface area contributed by atoms with Gasteiger partial charge in [-0.25, -0.2) is 4.39 Å². The van der Waals surface area contributed by atoms with E-state index >= 15 is 0 Å². The summed E-state index contributed by atoms with van der Waals surface area (Å²) in [4.78, 5) is 14.9. The molecule has 6 heteroatoms. The topological polar surface area (TPSA) is 34.5 Å². The van der Waals surface area contributed by atoms with E-state index in [1.165, 1.54) is 29.0 Å². The van der Waals surface area contributed by atoms with Gasteiger partial charge in [-0.15, -0.1) is 12.4 Å². The summed E-state index contributed by atoms with van der Waals surface area (Å²) in [6, 6.07) is 6.92. The highest BCUT2D eigenvalue weighted by atomic mass is 35.5. The van der Waals surface area contributed by atoms with Crippen molar-refractivity contribution in [2.24, 2.45) is 13.0 Å². The van der Waals surface area contributed by atoms with Crippen LogP contribution >= 0.6 is 12.4 Å². The molecule has 1 saturated heterocycles. The van der Waals surface area contributed by atoms with Crippen LogP contribution in [0.1, 0.15) is 37.3 Å². The number of ether oxygens (including phenoxy) is 1. The molecule has 0 spiro atoms. The Morgan fingerprint density at radius 3 is 2.89 bits per heavy atom. The monoisotopic (exact) mass is 394 g/mol. The van der Waals surface area contributed by atoms with Crippen molar-refractivity contribution in [1.29, 1.82) is 0 Å². The lowest BCUT2D eigenvalue weighted by Gasteiger charge is -2.46. The van der Waals surface area contributed by atoms with E-state index in [-0.39, 0.29) is 30.9 Å². The second-order valence-electron chi connectivity index (χ2n) is 7.82. The van der Waals surface area contributed by atoms with Gasteiger partial charge in [0, 0.05) is 42.7 Å². The molecule has 4 atom stereocenters. The van der Waals surface area contributed by atoms with Crippen LogP contribution in [-0.2, 0) is 23.0 Å². The maximum absolute atomic E-state index is 13.1. The number of benzene rings is 1. The van der Waals surface area contributed by atoms with Gasteiger partial charge in [-0.3, -0.25) is 9.69 Å². The van der Waals surface area contributed by atoms with E-state index in [1.54, 1.807) is 0 Å². The van der Waals surface area contributed by atoms with Gasteiger partial charge >= 0.3 is 5.97 Å². The quantitative estimate of drug-likeness (QED) is 0.739. The van der Waals surface area contributed by atoms with E-state index in [0.29, 0.717) is 18.5 Å². The molecule has 4 nitrogen and oxygen atoms in total. The maximum atomic E-state index is 13.1. The fraction of sp³-hybridized carbons (Fsp3) is 0.571. The third-order valence-electron chi connectivity index (χ3n) is 6.08. The van der Waals surface area contributed by atoms with Crippen molar-refractivity contribution in [1.82, 2.24) is 9.47 Å². The zero-order valence-electron chi connectivity index (χ0n) is 16.2. The number of likely N-dealkylation sites (tertiary alicyclic amines) is 1. The van der Waals surface area contributed by atoms with Gasteiger partial charge in [0.25, 0.3) is 0 Å². The number of esters is 1. The third kappa shape index (κ3) is 3.47. The van der Waals surface area contributed by atoms with Crippen LogP contribution in [-0.4, -0.2) is 47.3 Å². The van der Waals surface area contributed by atoms with Crippen molar-refractivity contribution in [2.45, 2.75) is 44.8 Å². The number of aryl methyl sites for hydroxylation is 1. The molecule has 4 rings (SSSR count). The molecule has 1 aromatic carbocycles. The maximum Gasteiger partial charge on any atom is 0.310 e. The summed E-state index contributed by atoms with van der Waals surface area (Å²) in [5, 5.41) is 1.36. The normalized spacial score (nSPS) is 25.6. The summed E-state index contributed by atoms with van der Waals surface area (Å²) in [7, 11) is 2.10. The fourth-order valence-corrected chi connectivity index (χ4v) is 4.92. The van der Waals surface area contributed by atoms with Crippen LogP contribution in [0.25, 0.3) is 10.9 Å². The minimum absolute atomic E-state index is 0. The molecule has 27 heavy (non-hydrogen) atoms. The van der Waals surface area contributed by atoms with Gasteiger partial charge in [0.05, 0.1) is 5.92 Å². The summed E-state index contributed by atoms with van der Waals surface area (Å²) in [5.41, 5.74) is 4.02. The molecule has 1 aromatic heterocycles. The third-order valence-corrected chi connectivity index (χ3v) is 6.08. The van der Waals surface area contributed by atoms with E-state index in [1.807, 2.05) is 0 Å². The molecule has 0 bridgehead atoms. The molecule has 2 heterocycles. The van der Waals surface area contributed by atoms with E-state index in [4.69, 9.17) is 4.74 Å². The summed E-state index contributed by atoms with van der Waals surface area (Å²) in [6.45, 7) is 5.03. The van der Waals surface area contributed by atoms with E-state index in [2.05, 4.69) is 47.8 Å². The van der Waals surface area contributed by atoms with E-state index < -0.39 is 6.17 Å². The first kappa shape index (κ1) is 20.2. The second-order valence-corrected chi connectivity index (χ2v) is 7.82. The number of nitrogens with zero attached hydrogens (tertiary/aromatic N) is 2. The van der Waals surface area contributed by atoms with E-state index in [9.17, 15) is 9.18 Å². The standard InChI is InChI=1S/C21H27FN2O2.ClH/c1-4-24-11-15(21(25)26-12-13(2)22)8-17-16-6-5-7-18-20(16)14(9-19(17)24)10-23(18)3;/h5-7,10,13,15,17,19H,4,8-9,11-12H2,1-3H3;1H/t13?,15?,17-,19-;/m1./s1. The number of fused-ring (bicyclic) bond motifs is 2. The largest absolute Gasteiger partial charge is 0.462 e. The number of piperidine rings is 1. The summed E-state index contributed by atoms with van der Waals surface area (Å²) in [6.07, 6.45) is 2.94. The Hall–Kier alpha value is -1.59. The highest BCUT2D eigenvalue weighted by Crippen LogP contribution is 2.45. The highest BCUT2D eigenvalue weighted by molar-refractivity contribution is 5.89. The summed E-state index contributed by atoms with van der Waals surface area (Å²) < 4.78 is 20.5. The number of hydrogen-bond donors (Lipinski definition) is 0. The van der Waals surface area contributed by atoms with E-state index in [0.717, 1.165) is 19.4 Å². The van der Waals surface area contributed by atoms with Gasteiger partial charge in [0.15, 0.2) is 0 Å². The van der Waals surface area contributed by atoms with Crippen LogP contribution in [0.15, 0.2) is 24.4 Å². The summed E-state index contributed by atoms with van der Waals surface area (Å²) in [5.74, 6) is -0.115. The molecule has 2 unspecified atom stereocenters. The molecule has 1 fully saturated rings. The average molecular weight is 395 g/mol. The lowest BCUT2D eigenvalue weighted by atomic mass is 9.72. The zero-order chi connectivity index (χ0) is 18.4. The molecular formula is C21H28ClFN2O2. The van der Waals surface area contributed by atoms with Crippen molar-refractivity contribution < 1.29 is 13.9 Å². The SMILES string of the molecule is CCN1CC(C(=O)OCC(C)F)C[C@@H]2c3cccc4c3c(cn4C)C[C@H]21.Cl. The summed E-state index contributed by atoms with van der Waals surface area (Å²) >= 11 is 0. The Labute approximate surface area is 166 Å². The molecular weight excluding hydrogens is 367 g/mol. The molecule has 0 radical (unpaired) electrons. The van der Waals surface area contributed by atoms with Crippen LogP contribution in [0.2, 0.25) is 0 Å². The Morgan fingerprint density at radius 2 is 2.19 bits per heavy atom. The minimum atomic E-state index is -1.12. The molecule has 0 amide bonds. The van der Waals surface area contributed by atoms with Gasteiger partial charge in [-0.1, -0.05) is 19.1 Å². The van der Waals surface area contributed by atoms with Gasteiger partial charge in [-0.05, 0) is 43.5 Å². The number of alkyl halides is 1. The van der Waals surface area contributed by atoms with Crippen LogP contribution in [0, 0.1) is 5.92 Å². The Kier molecular flexibility index (Phi) is 5.82. The average Bonchev–Trinajstić information content (AvgIpc) is 2.96. The highest BCUT2D eigenvalue weighted by Gasteiger charge is 2.42. The van der Waals surface area contributed by atoms with Crippen LogP contribution in [0.3, 0.4) is 0 Å². The zero-order valence-corrected chi connectivity index (χ0v) is 17.0. The minimum Gasteiger partial charge on any atom is -0.462 e. The first-order valence-corrected chi connectivity index (χ1v) is 9.61. The molecule has 2 aliphatic rings. The lowest BCUT2D eigenvalue weighted by molar-refractivity contribution is -0.153. The Balaban J connectivity index is 0.00000210. The molecule has 148 valence electrons. The van der Waals surface area contributed by atoms with Crippen molar-refractivity contribution >= 4 is 29.3 Å². The van der Waals surface area contributed by atoms with Crippen LogP contribution in [0.5, 0.6) is 0 Å². The van der Waals surface area contributed by atoms with Gasteiger partial charge < -0.3 is 9.30 Å². The van der Waals surface area contributed by atoms with Gasteiger partial charge in [0.1, 0.15) is 12.8 Å².